The van der Waals surface area contributed by atoms with Gasteiger partial charge in [0.25, 0.3) is 0 Å². The molecule has 0 radical (unpaired) electrons. The van der Waals surface area contributed by atoms with Crippen LogP contribution in [0.2, 0.25) is 0 Å². The molecular formula is C14H26N4O2. The van der Waals surface area contributed by atoms with Gasteiger partial charge in [-0.1, -0.05) is 6.92 Å². The van der Waals surface area contributed by atoms with Crippen molar-refractivity contribution in [3.05, 3.63) is 0 Å². The zero-order valence-corrected chi connectivity index (χ0v) is 12.3. The van der Waals surface area contributed by atoms with E-state index in [1.54, 1.807) is 0 Å². The fourth-order valence-electron chi connectivity index (χ4n) is 3.18. The summed E-state index contributed by atoms with van der Waals surface area (Å²) in [5.41, 5.74) is 0. The summed E-state index contributed by atoms with van der Waals surface area (Å²) in [4.78, 5) is 25.6. The average Bonchev–Trinajstić information content (AvgIpc) is 3.06. The standard InChI is InChI=1S/C14H26N4O2/c1-2-7-16-14(20)17-13(19)10-18-9-4-6-12(18)11-5-3-8-15-11/h11-12,15H,2-10H2,1H3,(H2,16,17,19,20). The minimum Gasteiger partial charge on any atom is -0.338 e. The Morgan fingerprint density at radius 2 is 2.15 bits per heavy atom. The predicted octanol–water partition coefficient (Wildman–Crippen LogP) is 0.439. The molecule has 2 atom stereocenters. The summed E-state index contributed by atoms with van der Waals surface area (Å²) in [5.74, 6) is -0.205. The lowest BCUT2D eigenvalue weighted by Crippen LogP contribution is -2.49. The van der Waals surface area contributed by atoms with Gasteiger partial charge in [-0.2, -0.15) is 0 Å². The highest BCUT2D eigenvalue weighted by Crippen LogP contribution is 2.24. The number of carbonyl (C=O) groups is 2. The Bertz CT molecular complexity index is 342. The Labute approximate surface area is 120 Å². The zero-order chi connectivity index (χ0) is 14.4. The molecule has 2 fully saturated rings. The smallest absolute Gasteiger partial charge is 0.321 e. The molecule has 2 saturated heterocycles. The van der Waals surface area contributed by atoms with E-state index in [-0.39, 0.29) is 11.9 Å². The van der Waals surface area contributed by atoms with E-state index in [9.17, 15) is 9.59 Å². The Morgan fingerprint density at radius 3 is 2.85 bits per heavy atom. The first kappa shape index (κ1) is 15.3. The van der Waals surface area contributed by atoms with E-state index in [0.717, 1.165) is 32.4 Å². The van der Waals surface area contributed by atoms with Crippen LogP contribution in [0.4, 0.5) is 4.79 Å². The fraction of sp³-hybridized carbons (Fsp3) is 0.857. The van der Waals surface area contributed by atoms with Gasteiger partial charge in [-0.05, 0) is 45.2 Å². The summed E-state index contributed by atoms with van der Waals surface area (Å²) < 4.78 is 0. The van der Waals surface area contributed by atoms with E-state index in [0.29, 0.717) is 25.2 Å². The van der Waals surface area contributed by atoms with Crippen molar-refractivity contribution in [3.63, 3.8) is 0 Å². The Hall–Kier alpha value is -1.14. The molecule has 2 aliphatic heterocycles. The predicted molar refractivity (Wildman–Crippen MR) is 77.5 cm³/mol. The minimum atomic E-state index is -0.383. The second kappa shape index (κ2) is 7.59. The molecule has 2 unspecified atom stereocenters. The number of hydrogen-bond donors (Lipinski definition) is 3. The second-order valence-electron chi connectivity index (χ2n) is 5.69. The highest BCUT2D eigenvalue weighted by molar-refractivity contribution is 5.95. The Morgan fingerprint density at radius 1 is 1.30 bits per heavy atom. The molecule has 3 amide bonds. The van der Waals surface area contributed by atoms with Gasteiger partial charge in [-0.3, -0.25) is 15.0 Å². The summed E-state index contributed by atoms with van der Waals surface area (Å²) in [6.07, 6.45) is 5.56. The average molecular weight is 282 g/mol. The number of nitrogens with zero attached hydrogens (tertiary/aromatic N) is 1. The van der Waals surface area contributed by atoms with Gasteiger partial charge in [0.05, 0.1) is 6.54 Å². The Balaban J connectivity index is 1.76. The number of urea groups is 1. The molecule has 2 heterocycles. The van der Waals surface area contributed by atoms with Crippen LogP contribution in [0.3, 0.4) is 0 Å². The maximum absolute atomic E-state index is 11.9. The molecule has 0 aliphatic carbocycles. The van der Waals surface area contributed by atoms with Crippen LogP contribution in [-0.4, -0.2) is 55.1 Å². The number of carbonyl (C=O) groups excluding carboxylic acids is 2. The normalized spacial score (nSPS) is 26.6. The van der Waals surface area contributed by atoms with Crippen LogP contribution < -0.4 is 16.0 Å². The molecule has 20 heavy (non-hydrogen) atoms. The molecule has 0 saturated carbocycles. The molecule has 2 aliphatic rings. The van der Waals surface area contributed by atoms with Crippen LogP contribution in [0.1, 0.15) is 39.0 Å². The van der Waals surface area contributed by atoms with Crippen LogP contribution >= 0.6 is 0 Å². The summed E-state index contributed by atoms with van der Waals surface area (Å²) in [6.45, 7) is 4.93. The number of amides is 3. The largest absolute Gasteiger partial charge is 0.338 e. The lowest BCUT2D eigenvalue weighted by molar-refractivity contribution is -0.121. The van der Waals surface area contributed by atoms with E-state index in [1.165, 1.54) is 12.8 Å². The summed E-state index contributed by atoms with van der Waals surface area (Å²) in [6, 6.07) is 0.577. The van der Waals surface area contributed by atoms with Crippen molar-refractivity contribution in [2.45, 2.75) is 51.1 Å². The molecule has 0 aromatic heterocycles. The number of imide groups is 1. The van der Waals surface area contributed by atoms with E-state index in [2.05, 4.69) is 20.9 Å². The Kier molecular flexibility index (Phi) is 5.79. The third-order valence-electron chi connectivity index (χ3n) is 4.11. The fourth-order valence-corrected chi connectivity index (χ4v) is 3.18. The first-order valence-electron chi connectivity index (χ1n) is 7.76. The molecule has 0 aromatic carbocycles. The van der Waals surface area contributed by atoms with E-state index in [1.807, 2.05) is 6.92 Å². The first-order chi connectivity index (χ1) is 9.70. The van der Waals surface area contributed by atoms with Crippen LogP contribution in [0.25, 0.3) is 0 Å². The van der Waals surface area contributed by atoms with E-state index >= 15 is 0 Å². The second-order valence-corrected chi connectivity index (χ2v) is 5.69. The number of likely N-dealkylation sites (tertiary alicyclic amines) is 1. The highest BCUT2D eigenvalue weighted by Gasteiger charge is 2.34. The molecule has 0 spiro atoms. The van der Waals surface area contributed by atoms with Gasteiger partial charge in [0.15, 0.2) is 0 Å². The number of rotatable bonds is 5. The lowest BCUT2D eigenvalue weighted by atomic mass is 10.0. The van der Waals surface area contributed by atoms with Gasteiger partial charge < -0.3 is 10.6 Å². The van der Waals surface area contributed by atoms with Crippen molar-refractivity contribution in [2.75, 3.05) is 26.2 Å². The quantitative estimate of drug-likeness (QED) is 0.684. The summed E-state index contributed by atoms with van der Waals surface area (Å²) >= 11 is 0. The SMILES string of the molecule is CCCNC(=O)NC(=O)CN1CCCC1C1CCCN1. The third kappa shape index (κ3) is 4.18. The topological polar surface area (TPSA) is 73.5 Å². The highest BCUT2D eigenvalue weighted by atomic mass is 16.2. The van der Waals surface area contributed by atoms with Crippen molar-refractivity contribution < 1.29 is 9.59 Å². The first-order valence-corrected chi connectivity index (χ1v) is 7.76. The number of hydrogen-bond acceptors (Lipinski definition) is 4. The molecule has 0 bridgehead atoms. The maximum Gasteiger partial charge on any atom is 0.321 e. The van der Waals surface area contributed by atoms with Crippen LogP contribution in [0, 0.1) is 0 Å². The monoisotopic (exact) mass is 282 g/mol. The third-order valence-corrected chi connectivity index (χ3v) is 4.11. The van der Waals surface area contributed by atoms with Crippen molar-refractivity contribution in [2.24, 2.45) is 0 Å². The van der Waals surface area contributed by atoms with Crippen molar-refractivity contribution in [1.29, 1.82) is 0 Å². The molecule has 6 nitrogen and oxygen atoms in total. The van der Waals surface area contributed by atoms with Gasteiger partial charge in [0, 0.05) is 18.6 Å². The van der Waals surface area contributed by atoms with Crippen LogP contribution in [0.5, 0.6) is 0 Å². The zero-order valence-electron chi connectivity index (χ0n) is 12.3. The summed E-state index contributed by atoms with van der Waals surface area (Å²) in [7, 11) is 0. The van der Waals surface area contributed by atoms with Crippen molar-refractivity contribution in [3.8, 4) is 0 Å². The summed E-state index contributed by atoms with van der Waals surface area (Å²) in [5, 5.41) is 8.57. The van der Waals surface area contributed by atoms with Crippen molar-refractivity contribution >= 4 is 11.9 Å². The van der Waals surface area contributed by atoms with Gasteiger partial charge in [-0.15, -0.1) is 0 Å². The van der Waals surface area contributed by atoms with E-state index < -0.39 is 0 Å². The molecule has 6 heteroatoms. The van der Waals surface area contributed by atoms with Gasteiger partial charge in [0.1, 0.15) is 0 Å². The maximum atomic E-state index is 11.9. The van der Waals surface area contributed by atoms with Crippen LogP contribution in [-0.2, 0) is 4.79 Å². The van der Waals surface area contributed by atoms with E-state index in [4.69, 9.17) is 0 Å². The lowest BCUT2D eigenvalue weighted by Gasteiger charge is -2.28. The van der Waals surface area contributed by atoms with Crippen LogP contribution in [0.15, 0.2) is 0 Å². The molecule has 0 aromatic rings. The van der Waals surface area contributed by atoms with Gasteiger partial charge >= 0.3 is 6.03 Å². The molecule has 2 rings (SSSR count). The van der Waals surface area contributed by atoms with Gasteiger partial charge in [0.2, 0.25) is 5.91 Å². The molecule has 114 valence electrons. The molecule has 3 N–H and O–H groups in total. The minimum absolute atomic E-state index is 0.205. The van der Waals surface area contributed by atoms with Crippen molar-refractivity contribution in [1.82, 2.24) is 20.9 Å². The van der Waals surface area contributed by atoms with Gasteiger partial charge in [-0.25, -0.2) is 4.79 Å². The number of nitrogens with one attached hydrogen (secondary N) is 3. The molecular weight excluding hydrogens is 256 g/mol.